The lowest BCUT2D eigenvalue weighted by molar-refractivity contribution is 0.102. The normalized spacial score (nSPS) is 9.90. The Kier molecular flexibility index (Phi) is 6.52. The van der Waals surface area contributed by atoms with Gasteiger partial charge >= 0.3 is 12.2 Å². The van der Waals surface area contributed by atoms with E-state index >= 15 is 0 Å². The van der Waals surface area contributed by atoms with Gasteiger partial charge in [0.1, 0.15) is 0 Å². The molecule has 1 aromatic rings. The summed E-state index contributed by atoms with van der Waals surface area (Å²) >= 11 is 0. The van der Waals surface area contributed by atoms with E-state index in [0.29, 0.717) is 13.1 Å². The number of rotatable bonds is 5. The van der Waals surface area contributed by atoms with Crippen LogP contribution in [0.1, 0.15) is 26.3 Å². The molecule has 0 saturated carbocycles. The number of carbonyl (C=O) groups excluding carboxylic acids is 2. The summed E-state index contributed by atoms with van der Waals surface area (Å²) < 4.78 is 15.0. The van der Waals surface area contributed by atoms with E-state index in [2.05, 4.69) is 0 Å². The monoisotopic (exact) mass is 295 g/mol. The molecular formula is C15H21NO5. The second-order valence-corrected chi connectivity index (χ2v) is 4.28. The van der Waals surface area contributed by atoms with E-state index in [1.54, 1.807) is 25.1 Å². The van der Waals surface area contributed by atoms with Gasteiger partial charge in [-0.05, 0) is 45.4 Å². The highest BCUT2D eigenvalue weighted by atomic mass is 16.7. The maximum Gasteiger partial charge on any atom is 0.513 e. The summed E-state index contributed by atoms with van der Waals surface area (Å²) in [6.45, 7) is 8.53. The first-order valence-corrected chi connectivity index (χ1v) is 6.93. The van der Waals surface area contributed by atoms with Gasteiger partial charge in [0.25, 0.3) is 0 Å². The highest BCUT2D eigenvalue weighted by Gasteiger charge is 2.17. The molecule has 0 aliphatic heterocycles. The molecule has 6 heteroatoms. The van der Waals surface area contributed by atoms with Crippen molar-refractivity contribution in [3.05, 3.63) is 23.8 Å². The molecule has 0 fully saturated rings. The Morgan fingerprint density at radius 2 is 1.71 bits per heavy atom. The number of carbonyl (C=O) groups is 2. The van der Waals surface area contributed by atoms with Crippen molar-refractivity contribution in [1.82, 2.24) is 4.90 Å². The van der Waals surface area contributed by atoms with Crippen LogP contribution in [0.15, 0.2) is 18.2 Å². The topological polar surface area (TPSA) is 65.1 Å². The predicted octanol–water partition coefficient (Wildman–Crippen LogP) is 3.37. The minimum atomic E-state index is -0.832. The molecule has 0 aromatic heterocycles. The Bertz CT molecular complexity index is 497. The molecule has 0 unspecified atom stereocenters. The van der Waals surface area contributed by atoms with Crippen LogP contribution in [-0.2, 0) is 4.74 Å². The number of aryl methyl sites for hydroxylation is 1. The quantitative estimate of drug-likeness (QED) is 0.615. The van der Waals surface area contributed by atoms with E-state index in [1.165, 1.54) is 4.90 Å². The van der Waals surface area contributed by atoms with E-state index in [0.717, 1.165) is 5.56 Å². The van der Waals surface area contributed by atoms with Gasteiger partial charge in [0, 0.05) is 13.1 Å². The van der Waals surface area contributed by atoms with Gasteiger partial charge in [0.2, 0.25) is 0 Å². The van der Waals surface area contributed by atoms with Crippen molar-refractivity contribution >= 4 is 12.2 Å². The summed E-state index contributed by atoms with van der Waals surface area (Å²) in [6.07, 6.45) is -1.32. The summed E-state index contributed by atoms with van der Waals surface area (Å²) in [5, 5.41) is 0. The van der Waals surface area contributed by atoms with Crippen LogP contribution in [0.4, 0.5) is 9.59 Å². The Labute approximate surface area is 124 Å². The van der Waals surface area contributed by atoms with Crippen LogP contribution in [0, 0.1) is 6.92 Å². The van der Waals surface area contributed by atoms with E-state index < -0.39 is 12.2 Å². The molecule has 0 N–H and O–H groups in total. The fourth-order valence-corrected chi connectivity index (χ4v) is 1.66. The zero-order valence-corrected chi connectivity index (χ0v) is 12.8. The van der Waals surface area contributed by atoms with Gasteiger partial charge in [-0.3, -0.25) is 0 Å². The van der Waals surface area contributed by atoms with Crippen molar-refractivity contribution in [1.29, 1.82) is 0 Å². The van der Waals surface area contributed by atoms with E-state index in [1.807, 2.05) is 20.8 Å². The fourth-order valence-electron chi connectivity index (χ4n) is 1.66. The second kappa shape index (κ2) is 8.14. The van der Waals surface area contributed by atoms with Gasteiger partial charge in [-0.15, -0.1) is 0 Å². The molecule has 0 aliphatic rings. The molecule has 0 atom stereocenters. The van der Waals surface area contributed by atoms with Gasteiger partial charge in [-0.1, -0.05) is 6.07 Å². The van der Waals surface area contributed by atoms with Gasteiger partial charge in [-0.2, -0.15) is 0 Å². The van der Waals surface area contributed by atoms with E-state index in [9.17, 15) is 9.59 Å². The van der Waals surface area contributed by atoms with Crippen molar-refractivity contribution in [2.45, 2.75) is 27.7 Å². The number of benzene rings is 1. The first-order chi connectivity index (χ1) is 10.0. The fraction of sp³-hybridized carbons (Fsp3) is 0.467. The molecule has 1 rings (SSSR count). The number of ether oxygens (including phenoxy) is 3. The van der Waals surface area contributed by atoms with Crippen molar-refractivity contribution in [2.75, 3.05) is 19.7 Å². The Morgan fingerprint density at radius 3 is 2.29 bits per heavy atom. The van der Waals surface area contributed by atoms with Crippen LogP contribution in [0.2, 0.25) is 0 Å². The lowest BCUT2D eigenvalue weighted by Crippen LogP contribution is -2.33. The van der Waals surface area contributed by atoms with Crippen molar-refractivity contribution in [2.24, 2.45) is 0 Å². The molecule has 1 aromatic carbocycles. The lowest BCUT2D eigenvalue weighted by atomic mass is 10.2. The SMILES string of the molecule is CCOC(=O)Oc1ccc(C)cc1OC(=O)N(CC)CC. The molecule has 0 radical (unpaired) electrons. The van der Waals surface area contributed by atoms with Gasteiger partial charge < -0.3 is 19.1 Å². The van der Waals surface area contributed by atoms with Crippen LogP contribution < -0.4 is 9.47 Å². The van der Waals surface area contributed by atoms with E-state index in [4.69, 9.17) is 14.2 Å². The Hall–Kier alpha value is -2.24. The average Bonchev–Trinajstić information content (AvgIpc) is 2.43. The Morgan fingerprint density at radius 1 is 1.05 bits per heavy atom. The van der Waals surface area contributed by atoms with Gasteiger partial charge in [0.15, 0.2) is 11.5 Å². The average molecular weight is 295 g/mol. The highest BCUT2D eigenvalue weighted by Crippen LogP contribution is 2.29. The summed E-state index contributed by atoms with van der Waals surface area (Å²) in [5.41, 5.74) is 0.883. The van der Waals surface area contributed by atoms with Gasteiger partial charge in [-0.25, -0.2) is 9.59 Å². The van der Waals surface area contributed by atoms with Crippen LogP contribution in [0.5, 0.6) is 11.5 Å². The molecule has 116 valence electrons. The van der Waals surface area contributed by atoms with E-state index in [-0.39, 0.29) is 18.1 Å². The molecule has 0 saturated heterocycles. The molecule has 6 nitrogen and oxygen atoms in total. The minimum Gasteiger partial charge on any atom is -0.434 e. The third kappa shape index (κ3) is 4.98. The number of hydrogen-bond donors (Lipinski definition) is 0. The van der Waals surface area contributed by atoms with Crippen LogP contribution in [0.3, 0.4) is 0 Å². The maximum atomic E-state index is 12.0. The van der Waals surface area contributed by atoms with Crippen LogP contribution in [0.25, 0.3) is 0 Å². The predicted molar refractivity (Wildman–Crippen MR) is 77.8 cm³/mol. The number of nitrogens with zero attached hydrogens (tertiary/aromatic N) is 1. The van der Waals surface area contributed by atoms with Crippen molar-refractivity contribution < 1.29 is 23.8 Å². The first-order valence-electron chi connectivity index (χ1n) is 6.93. The summed E-state index contributed by atoms with van der Waals surface area (Å²) in [7, 11) is 0. The summed E-state index contributed by atoms with van der Waals surface area (Å²) in [5.74, 6) is 0.347. The third-order valence-corrected chi connectivity index (χ3v) is 2.77. The molecule has 0 spiro atoms. The maximum absolute atomic E-state index is 12.0. The van der Waals surface area contributed by atoms with Crippen molar-refractivity contribution in [3.8, 4) is 11.5 Å². The minimum absolute atomic E-state index is 0.152. The summed E-state index contributed by atoms with van der Waals surface area (Å²) in [6, 6.07) is 4.95. The summed E-state index contributed by atoms with van der Waals surface area (Å²) in [4.78, 5) is 24.9. The lowest BCUT2D eigenvalue weighted by Gasteiger charge is -2.19. The zero-order chi connectivity index (χ0) is 15.8. The molecular weight excluding hydrogens is 274 g/mol. The van der Waals surface area contributed by atoms with Crippen LogP contribution >= 0.6 is 0 Å². The molecule has 0 bridgehead atoms. The number of hydrogen-bond acceptors (Lipinski definition) is 5. The number of amides is 1. The molecule has 0 heterocycles. The third-order valence-electron chi connectivity index (χ3n) is 2.77. The molecule has 0 aliphatic carbocycles. The standard InChI is InChI=1S/C15H21NO5/c1-5-16(6-2)14(17)20-13-10-11(4)8-9-12(13)21-15(18)19-7-3/h8-10H,5-7H2,1-4H3. The molecule has 1 amide bonds. The van der Waals surface area contributed by atoms with Crippen molar-refractivity contribution in [3.63, 3.8) is 0 Å². The zero-order valence-electron chi connectivity index (χ0n) is 12.8. The van der Waals surface area contributed by atoms with Gasteiger partial charge in [0.05, 0.1) is 6.61 Å². The highest BCUT2D eigenvalue weighted by molar-refractivity contribution is 5.73. The first kappa shape index (κ1) is 16.8. The molecule has 21 heavy (non-hydrogen) atoms. The largest absolute Gasteiger partial charge is 0.513 e. The smallest absolute Gasteiger partial charge is 0.434 e. The van der Waals surface area contributed by atoms with Crippen LogP contribution in [-0.4, -0.2) is 36.8 Å². The second-order valence-electron chi connectivity index (χ2n) is 4.28. The Balaban J connectivity index is 2.91.